The van der Waals surface area contributed by atoms with Crippen molar-refractivity contribution in [2.45, 2.75) is 20.0 Å². The van der Waals surface area contributed by atoms with Crippen molar-refractivity contribution in [3.05, 3.63) is 58.7 Å². The number of hydrogen-bond donors (Lipinski definition) is 1. The number of aromatic carboxylic acids is 1. The van der Waals surface area contributed by atoms with E-state index in [2.05, 4.69) is 0 Å². The average Bonchev–Trinajstić information content (AvgIpc) is 2.94. The normalized spacial score (nSPS) is 12.6. The number of benzene rings is 2. The number of hydrogen-bond acceptors (Lipinski definition) is 3. The Morgan fingerprint density at radius 3 is 2.81 bits per heavy atom. The van der Waals surface area contributed by atoms with Crippen molar-refractivity contribution in [1.29, 1.82) is 0 Å². The molecule has 3 rings (SSSR count). The molecule has 0 amide bonds. The number of carboxylic acids is 1. The summed E-state index contributed by atoms with van der Waals surface area (Å²) >= 11 is 0. The quantitative estimate of drug-likeness (QED) is 0.936. The van der Waals surface area contributed by atoms with Gasteiger partial charge in [-0.3, -0.25) is 0 Å². The van der Waals surface area contributed by atoms with Gasteiger partial charge in [-0.05, 0) is 24.1 Å². The first-order valence-electron chi connectivity index (χ1n) is 6.86. The van der Waals surface area contributed by atoms with Crippen LogP contribution in [0.5, 0.6) is 11.5 Å². The fraction of sp³-hybridized carbons (Fsp3) is 0.235. The van der Waals surface area contributed by atoms with Crippen molar-refractivity contribution in [3.8, 4) is 11.5 Å². The molecular weight excluding hydrogens is 268 g/mol. The van der Waals surface area contributed by atoms with Gasteiger partial charge in [-0.25, -0.2) is 4.79 Å². The number of carboxylic acid groups (broad SMARTS) is 1. The van der Waals surface area contributed by atoms with Crippen molar-refractivity contribution in [3.63, 3.8) is 0 Å². The Kier molecular flexibility index (Phi) is 3.52. The van der Waals surface area contributed by atoms with E-state index < -0.39 is 5.97 Å². The van der Waals surface area contributed by atoms with E-state index in [-0.39, 0.29) is 5.56 Å². The van der Waals surface area contributed by atoms with Gasteiger partial charge in [0.2, 0.25) is 0 Å². The summed E-state index contributed by atoms with van der Waals surface area (Å²) in [6.07, 6.45) is 0.681. The van der Waals surface area contributed by atoms with Crippen molar-refractivity contribution in [2.24, 2.45) is 0 Å². The van der Waals surface area contributed by atoms with Crippen LogP contribution < -0.4 is 9.47 Å². The number of rotatable bonds is 4. The Labute approximate surface area is 122 Å². The standard InChI is InChI=1S/C17H16O4/c1-11-9-14(21-10-12-5-3-2-4-6-12)13-7-8-20-16(13)15(11)17(18)19/h2-6,9H,7-8,10H2,1H3,(H,18,19). The molecule has 1 aliphatic heterocycles. The molecule has 108 valence electrons. The van der Waals surface area contributed by atoms with Crippen LogP contribution in [-0.2, 0) is 13.0 Å². The minimum absolute atomic E-state index is 0.245. The summed E-state index contributed by atoms with van der Waals surface area (Å²) in [5.41, 5.74) is 2.83. The van der Waals surface area contributed by atoms with E-state index in [9.17, 15) is 9.90 Å². The van der Waals surface area contributed by atoms with Gasteiger partial charge in [-0.1, -0.05) is 30.3 Å². The van der Waals surface area contributed by atoms with Gasteiger partial charge in [0.15, 0.2) is 0 Å². The molecule has 2 aromatic carbocycles. The van der Waals surface area contributed by atoms with Crippen LogP contribution in [0.1, 0.15) is 27.0 Å². The first-order chi connectivity index (χ1) is 10.2. The summed E-state index contributed by atoms with van der Waals surface area (Å²) in [7, 11) is 0. The summed E-state index contributed by atoms with van der Waals surface area (Å²) in [5, 5.41) is 9.31. The monoisotopic (exact) mass is 284 g/mol. The second-order valence-corrected chi connectivity index (χ2v) is 5.05. The maximum absolute atomic E-state index is 11.4. The van der Waals surface area contributed by atoms with Gasteiger partial charge in [0.25, 0.3) is 0 Å². The maximum atomic E-state index is 11.4. The van der Waals surface area contributed by atoms with E-state index in [0.717, 1.165) is 11.1 Å². The zero-order valence-electron chi connectivity index (χ0n) is 11.8. The molecule has 1 heterocycles. The predicted molar refractivity (Wildman–Crippen MR) is 78.1 cm³/mol. The minimum atomic E-state index is -0.958. The van der Waals surface area contributed by atoms with Gasteiger partial charge in [0.05, 0.1) is 6.61 Å². The van der Waals surface area contributed by atoms with Crippen LogP contribution in [0.3, 0.4) is 0 Å². The van der Waals surface area contributed by atoms with E-state index in [0.29, 0.717) is 36.7 Å². The molecule has 0 aromatic heterocycles. The Hall–Kier alpha value is -2.49. The third kappa shape index (κ3) is 2.57. The molecule has 2 aromatic rings. The van der Waals surface area contributed by atoms with Gasteiger partial charge >= 0.3 is 5.97 Å². The van der Waals surface area contributed by atoms with Crippen LogP contribution in [0.15, 0.2) is 36.4 Å². The van der Waals surface area contributed by atoms with Gasteiger partial charge < -0.3 is 14.6 Å². The zero-order valence-corrected chi connectivity index (χ0v) is 11.8. The Morgan fingerprint density at radius 1 is 1.33 bits per heavy atom. The summed E-state index contributed by atoms with van der Waals surface area (Å²) in [5.74, 6) is 0.222. The van der Waals surface area contributed by atoms with Gasteiger partial charge in [-0.15, -0.1) is 0 Å². The summed E-state index contributed by atoms with van der Waals surface area (Å²) in [6, 6.07) is 11.7. The highest BCUT2D eigenvalue weighted by Crippen LogP contribution is 2.39. The van der Waals surface area contributed by atoms with E-state index in [1.54, 1.807) is 13.0 Å². The molecular formula is C17H16O4. The van der Waals surface area contributed by atoms with Crippen LogP contribution in [0.4, 0.5) is 0 Å². The maximum Gasteiger partial charge on any atom is 0.339 e. The van der Waals surface area contributed by atoms with Crippen molar-refractivity contribution >= 4 is 5.97 Å². The highest BCUT2D eigenvalue weighted by molar-refractivity contribution is 5.94. The molecule has 21 heavy (non-hydrogen) atoms. The average molecular weight is 284 g/mol. The smallest absolute Gasteiger partial charge is 0.339 e. The van der Waals surface area contributed by atoms with Crippen molar-refractivity contribution < 1.29 is 19.4 Å². The molecule has 0 spiro atoms. The fourth-order valence-corrected chi connectivity index (χ4v) is 2.58. The third-order valence-corrected chi connectivity index (χ3v) is 3.59. The first kappa shape index (κ1) is 13.5. The lowest BCUT2D eigenvalue weighted by molar-refractivity contribution is 0.0692. The predicted octanol–water partition coefficient (Wildman–Crippen LogP) is 3.21. The Morgan fingerprint density at radius 2 is 2.10 bits per heavy atom. The van der Waals surface area contributed by atoms with Crippen LogP contribution in [-0.4, -0.2) is 17.7 Å². The number of aryl methyl sites for hydroxylation is 1. The molecule has 1 N–H and O–H groups in total. The highest BCUT2D eigenvalue weighted by atomic mass is 16.5. The molecule has 0 bridgehead atoms. The fourth-order valence-electron chi connectivity index (χ4n) is 2.58. The highest BCUT2D eigenvalue weighted by Gasteiger charge is 2.26. The summed E-state index contributed by atoms with van der Waals surface area (Å²) in [6.45, 7) is 2.72. The molecule has 1 aliphatic rings. The summed E-state index contributed by atoms with van der Waals surface area (Å²) < 4.78 is 11.4. The molecule has 4 nitrogen and oxygen atoms in total. The SMILES string of the molecule is Cc1cc(OCc2ccccc2)c2c(c1C(=O)O)OCC2. The molecule has 0 radical (unpaired) electrons. The van der Waals surface area contributed by atoms with E-state index in [1.807, 2.05) is 30.3 Å². The van der Waals surface area contributed by atoms with Crippen LogP contribution in [0.2, 0.25) is 0 Å². The van der Waals surface area contributed by atoms with Gasteiger partial charge in [-0.2, -0.15) is 0 Å². The zero-order chi connectivity index (χ0) is 14.8. The van der Waals surface area contributed by atoms with Crippen molar-refractivity contribution in [1.82, 2.24) is 0 Å². The van der Waals surface area contributed by atoms with Gasteiger partial charge in [0.1, 0.15) is 23.7 Å². The topological polar surface area (TPSA) is 55.8 Å². The van der Waals surface area contributed by atoms with Crippen LogP contribution >= 0.6 is 0 Å². The summed E-state index contributed by atoms with van der Waals surface area (Å²) in [4.78, 5) is 11.4. The molecule has 0 unspecified atom stereocenters. The second kappa shape index (κ2) is 5.48. The van der Waals surface area contributed by atoms with Crippen molar-refractivity contribution in [2.75, 3.05) is 6.61 Å². The largest absolute Gasteiger partial charge is 0.492 e. The lowest BCUT2D eigenvalue weighted by Crippen LogP contribution is -2.05. The molecule has 0 saturated heterocycles. The Bertz CT molecular complexity index is 677. The number of carbonyl (C=O) groups is 1. The van der Waals surface area contributed by atoms with Crippen LogP contribution in [0, 0.1) is 6.92 Å². The van der Waals surface area contributed by atoms with E-state index >= 15 is 0 Å². The molecule has 4 heteroatoms. The second-order valence-electron chi connectivity index (χ2n) is 5.05. The number of fused-ring (bicyclic) bond motifs is 1. The number of ether oxygens (including phenoxy) is 2. The first-order valence-corrected chi connectivity index (χ1v) is 6.86. The lowest BCUT2D eigenvalue weighted by Gasteiger charge is -2.14. The molecule has 0 aliphatic carbocycles. The molecule has 0 saturated carbocycles. The minimum Gasteiger partial charge on any atom is -0.492 e. The molecule has 0 atom stereocenters. The van der Waals surface area contributed by atoms with E-state index in [4.69, 9.17) is 9.47 Å². The van der Waals surface area contributed by atoms with Gasteiger partial charge in [0, 0.05) is 12.0 Å². The third-order valence-electron chi connectivity index (χ3n) is 3.59. The van der Waals surface area contributed by atoms with Crippen LogP contribution in [0.25, 0.3) is 0 Å². The lowest BCUT2D eigenvalue weighted by atomic mass is 10.0. The van der Waals surface area contributed by atoms with E-state index in [1.165, 1.54) is 0 Å². The Balaban J connectivity index is 1.92. The molecule has 0 fully saturated rings.